The molecule has 5 heteroatoms. The number of aromatic amines is 1. The summed E-state index contributed by atoms with van der Waals surface area (Å²) in [5.74, 6) is 0.794. The van der Waals surface area contributed by atoms with Crippen LogP contribution in [0.4, 0.5) is 0 Å². The number of rotatable bonds is 2. The molecule has 0 unspecified atom stereocenters. The van der Waals surface area contributed by atoms with Crippen molar-refractivity contribution in [3.05, 3.63) is 26.6 Å². The van der Waals surface area contributed by atoms with Gasteiger partial charge in [-0.1, -0.05) is 0 Å². The maximum absolute atomic E-state index is 12.1. The number of H-pyrrole nitrogens is 1. The van der Waals surface area contributed by atoms with Crippen molar-refractivity contribution < 1.29 is 4.90 Å². The quantitative estimate of drug-likeness (QED) is 0.795. The van der Waals surface area contributed by atoms with Crippen LogP contribution >= 0.6 is 11.3 Å². The van der Waals surface area contributed by atoms with Crippen LogP contribution in [-0.4, -0.2) is 24.1 Å². The smallest absolute Gasteiger partial charge is 0.260 e. The molecule has 90 valence electrons. The van der Waals surface area contributed by atoms with Crippen molar-refractivity contribution in [2.75, 3.05) is 14.1 Å². The Balaban J connectivity index is 2.18. The van der Waals surface area contributed by atoms with Crippen molar-refractivity contribution in [2.24, 2.45) is 0 Å². The van der Waals surface area contributed by atoms with E-state index in [0.29, 0.717) is 0 Å². The number of hydrogen-bond acceptors (Lipinski definition) is 3. The van der Waals surface area contributed by atoms with Gasteiger partial charge in [0.15, 0.2) is 5.82 Å². The standard InChI is InChI=1S/C12H15N3OS/c1-15(2)6-9-13-11(16)10-7-4-3-5-8(7)17-12(10)14-9/h3-6H2,1-2H3,(H,13,14,16)/p+1. The summed E-state index contributed by atoms with van der Waals surface area (Å²) in [6.07, 6.45) is 3.34. The number of fused-ring (bicyclic) bond motifs is 3. The lowest BCUT2D eigenvalue weighted by Gasteiger charge is -2.05. The summed E-state index contributed by atoms with van der Waals surface area (Å²) in [6.45, 7) is 0.758. The van der Waals surface area contributed by atoms with E-state index in [4.69, 9.17) is 0 Å². The van der Waals surface area contributed by atoms with Gasteiger partial charge in [-0.2, -0.15) is 0 Å². The van der Waals surface area contributed by atoms with E-state index in [1.807, 2.05) is 0 Å². The monoisotopic (exact) mass is 250 g/mol. The molecule has 0 atom stereocenters. The summed E-state index contributed by atoms with van der Waals surface area (Å²) in [6, 6.07) is 0. The molecule has 0 saturated carbocycles. The van der Waals surface area contributed by atoms with E-state index < -0.39 is 0 Å². The summed E-state index contributed by atoms with van der Waals surface area (Å²) in [5.41, 5.74) is 1.30. The summed E-state index contributed by atoms with van der Waals surface area (Å²) >= 11 is 1.70. The predicted molar refractivity (Wildman–Crippen MR) is 68.8 cm³/mol. The Morgan fingerprint density at radius 1 is 1.41 bits per heavy atom. The van der Waals surface area contributed by atoms with E-state index in [-0.39, 0.29) is 5.56 Å². The van der Waals surface area contributed by atoms with Gasteiger partial charge < -0.3 is 9.88 Å². The first-order chi connectivity index (χ1) is 8.15. The number of quaternary nitrogens is 1. The molecule has 0 aliphatic heterocycles. The minimum Gasteiger partial charge on any atom is -0.334 e. The van der Waals surface area contributed by atoms with Gasteiger partial charge in [0.1, 0.15) is 11.4 Å². The first-order valence-corrected chi connectivity index (χ1v) is 6.79. The summed E-state index contributed by atoms with van der Waals surface area (Å²) < 4.78 is 0. The maximum atomic E-state index is 12.1. The summed E-state index contributed by atoms with van der Waals surface area (Å²) in [5, 5.41) is 0.847. The molecule has 2 N–H and O–H groups in total. The minimum absolute atomic E-state index is 0.0469. The highest BCUT2D eigenvalue weighted by Crippen LogP contribution is 2.34. The van der Waals surface area contributed by atoms with Gasteiger partial charge in [0.25, 0.3) is 5.56 Å². The highest BCUT2D eigenvalue weighted by molar-refractivity contribution is 7.18. The second-order valence-corrected chi connectivity index (χ2v) is 6.02. The molecule has 1 aliphatic rings. The van der Waals surface area contributed by atoms with Crippen LogP contribution in [0.5, 0.6) is 0 Å². The van der Waals surface area contributed by atoms with Crippen molar-refractivity contribution in [1.29, 1.82) is 0 Å². The van der Waals surface area contributed by atoms with Crippen LogP contribution in [0.2, 0.25) is 0 Å². The van der Waals surface area contributed by atoms with E-state index >= 15 is 0 Å². The Hall–Kier alpha value is -1.20. The third-order valence-electron chi connectivity index (χ3n) is 3.15. The minimum atomic E-state index is 0.0469. The fourth-order valence-corrected chi connectivity index (χ4v) is 3.75. The summed E-state index contributed by atoms with van der Waals surface area (Å²) in [7, 11) is 4.11. The SMILES string of the molecule is C[NH+](C)Cc1nc2sc3c(c2c(=O)[nH]1)CCC3. The molecule has 17 heavy (non-hydrogen) atoms. The molecule has 0 spiro atoms. The number of nitrogens with one attached hydrogen (secondary N) is 2. The molecule has 4 nitrogen and oxygen atoms in total. The third-order valence-corrected chi connectivity index (χ3v) is 4.33. The Kier molecular flexibility index (Phi) is 2.52. The molecule has 0 fully saturated rings. The van der Waals surface area contributed by atoms with Crippen molar-refractivity contribution >= 4 is 21.6 Å². The molecule has 2 aromatic rings. The molecule has 2 heterocycles. The zero-order valence-electron chi connectivity index (χ0n) is 10.1. The molecule has 0 bridgehead atoms. The number of nitrogens with zero attached hydrogens (tertiary/aromatic N) is 1. The second-order valence-electron chi connectivity index (χ2n) is 4.93. The number of aromatic nitrogens is 2. The van der Waals surface area contributed by atoms with Crippen LogP contribution in [0.1, 0.15) is 22.7 Å². The third kappa shape index (κ3) is 1.79. The van der Waals surface area contributed by atoms with E-state index in [0.717, 1.165) is 35.4 Å². The fourth-order valence-electron chi connectivity index (χ4n) is 2.47. The van der Waals surface area contributed by atoms with Crippen LogP contribution in [0, 0.1) is 0 Å². The first kappa shape index (κ1) is 10.9. The molecular weight excluding hydrogens is 234 g/mol. The molecule has 2 aromatic heterocycles. The Labute approximate surface area is 103 Å². The Bertz CT molecular complexity index is 626. The van der Waals surface area contributed by atoms with Crippen LogP contribution in [-0.2, 0) is 19.4 Å². The van der Waals surface area contributed by atoms with Gasteiger partial charge in [0.2, 0.25) is 0 Å². The lowest BCUT2D eigenvalue weighted by Crippen LogP contribution is -3.04. The van der Waals surface area contributed by atoms with Crippen LogP contribution in [0.25, 0.3) is 10.2 Å². The molecule has 1 aliphatic carbocycles. The molecule has 0 amide bonds. The van der Waals surface area contributed by atoms with Crippen LogP contribution < -0.4 is 10.5 Å². The second kappa shape index (κ2) is 3.92. The average molecular weight is 250 g/mol. The zero-order chi connectivity index (χ0) is 12.0. The lowest BCUT2D eigenvalue weighted by molar-refractivity contribution is -0.873. The average Bonchev–Trinajstić information content (AvgIpc) is 2.74. The van der Waals surface area contributed by atoms with Crippen molar-refractivity contribution in [3.63, 3.8) is 0 Å². The lowest BCUT2D eigenvalue weighted by atomic mass is 10.2. The molecule has 3 rings (SSSR count). The number of thiophene rings is 1. The highest BCUT2D eigenvalue weighted by Gasteiger charge is 2.21. The maximum Gasteiger partial charge on any atom is 0.260 e. The van der Waals surface area contributed by atoms with Gasteiger partial charge in [-0.3, -0.25) is 4.79 Å². The van der Waals surface area contributed by atoms with Crippen molar-refractivity contribution in [2.45, 2.75) is 25.8 Å². The van der Waals surface area contributed by atoms with E-state index in [1.54, 1.807) is 11.3 Å². The molecule has 0 radical (unpaired) electrons. The van der Waals surface area contributed by atoms with E-state index in [2.05, 4.69) is 24.1 Å². The topological polar surface area (TPSA) is 50.2 Å². The normalized spacial score (nSPS) is 14.8. The van der Waals surface area contributed by atoms with Crippen LogP contribution in [0.3, 0.4) is 0 Å². The van der Waals surface area contributed by atoms with Gasteiger partial charge in [-0.05, 0) is 24.8 Å². The summed E-state index contributed by atoms with van der Waals surface area (Å²) in [4.78, 5) is 23.2. The van der Waals surface area contributed by atoms with E-state index in [1.165, 1.54) is 21.8 Å². The molecular formula is C12H16N3OS+. The van der Waals surface area contributed by atoms with Gasteiger partial charge >= 0.3 is 0 Å². The van der Waals surface area contributed by atoms with Gasteiger partial charge in [0.05, 0.1) is 19.5 Å². The first-order valence-electron chi connectivity index (χ1n) is 5.97. The van der Waals surface area contributed by atoms with Crippen LogP contribution in [0.15, 0.2) is 4.79 Å². The van der Waals surface area contributed by atoms with Gasteiger partial charge in [0, 0.05) is 4.88 Å². The zero-order valence-corrected chi connectivity index (χ0v) is 10.9. The van der Waals surface area contributed by atoms with Crippen molar-refractivity contribution in [3.8, 4) is 0 Å². The Morgan fingerprint density at radius 2 is 2.24 bits per heavy atom. The predicted octanol–water partition coefficient (Wildman–Crippen LogP) is 0.118. The number of aryl methyl sites for hydroxylation is 2. The van der Waals surface area contributed by atoms with E-state index in [9.17, 15) is 4.79 Å². The Morgan fingerprint density at radius 3 is 3.00 bits per heavy atom. The highest BCUT2D eigenvalue weighted by atomic mass is 32.1. The van der Waals surface area contributed by atoms with Gasteiger partial charge in [-0.25, -0.2) is 4.98 Å². The molecule has 0 aromatic carbocycles. The largest absolute Gasteiger partial charge is 0.334 e. The van der Waals surface area contributed by atoms with Crippen molar-refractivity contribution in [1.82, 2.24) is 9.97 Å². The molecule has 0 saturated heterocycles. The van der Waals surface area contributed by atoms with Gasteiger partial charge in [-0.15, -0.1) is 11.3 Å². The fraction of sp³-hybridized carbons (Fsp3) is 0.500. The number of hydrogen-bond donors (Lipinski definition) is 2.